The van der Waals surface area contributed by atoms with E-state index in [9.17, 15) is 14.3 Å². The van der Waals surface area contributed by atoms with Crippen molar-refractivity contribution >= 4 is 17.6 Å². The first-order chi connectivity index (χ1) is 9.49. The fraction of sp³-hybridized carbons (Fsp3) is 0.533. The average Bonchev–Trinajstić information content (AvgIpc) is 2.79. The average molecular weight is 300 g/mol. The van der Waals surface area contributed by atoms with Gasteiger partial charge in [0.05, 0.1) is 0 Å². The van der Waals surface area contributed by atoms with Gasteiger partial charge in [0.15, 0.2) is 0 Å². The Morgan fingerprint density at radius 1 is 1.55 bits per heavy atom. The third-order valence-electron chi connectivity index (χ3n) is 4.05. The Labute approximate surface area is 123 Å². The van der Waals surface area contributed by atoms with Crippen LogP contribution in [0.15, 0.2) is 18.2 Å². The molecule has 110 valence electrons. The summed E-state index contributed by atoms with van der Waals surface area (Å²) in [6.07, 6.45) is 2.90. The maximum Gasteiger partial charge on any atom is 0.324 e. The Hall–Kier alpha value is -1.13. The lowest BCUT2D eigenvalue weighted by molar-refractivity contribution is -0.150. The Bertz CT molecular complexity index is 509. The number of hydrogen-bond donors (Lipinski definition) is 1. The first-order valence-corrected chi connectivity index (χ1v) is 7.30. The van der Waals surface area contributed by atoms with Gasteiger partial charge in [-0.25, -0.2) is 4.39 Å². The third kappa shape index (κ3) is 2.81. The van der Waals surface area contributed by atoms with E-state index in [1.165, 1.54) is 18.2 Å². The summed E-state index contributed by atoms with van der Waals surface area (Å²) in [5, 5.41) is 10.1. The van der Waals surface area contributed by atoms with E-state index in [1.54, 1.807) is 0 Å². The summed E-state index contributed by atoms with van der Waals surface area (Å²) in [6.45, 7) is 3.07. The number of halogens is 2. The van der Waals surface area contributed by atoms with Gasteiger partial charge in [0.25, 0.3) is 0 Å². The van der Waals surface area contributed by atoms with Crippen molar-refractivity contribution in [1.29, 1.82) is 0 Å². The lowest BCUT2D eigenvalue weighted by Gasteiger charge is -2.34. The molecule has 1 aliphatic heterocycles. The van der Waals surface area contributed by atoms with Gasteiger partial charge in [-0.15, -0.1) is 0 Å². The van der Waals surface area contributed by atoms with Gasteiger partial charge in [0, 0.05) is 11.6 Å². The minimum atomic E-state index is -0.829. The highest BCUT2D eigenvalue weighted by molar-refractivity contribution is 6.31. The van der Waals surface area contributed by atoms with Gasteiger partial charge in [-0.05, 0) is 49.6 Å². The van der Waals surface area contributed by atoms with Gasteiger partial charge in [0.2, 0.25) is 0 Å². The zero-order chi connectivity index (χ0) is 14.8. The Morgan fingerprint density at radius 3 is 2.95 bits per heavy atom. The molecule has 1 unspecified atom stereocenters. The smallest absolute Gasteiger partial charge is 0.324 e. The normalized spacial score (nSPS) is 23.1. The van der Waals surface area contributed by atoms with E-state index < -0.39 is 11.5 Å². The number of rotatable bonds is 5. The molecular formula is C15H19ClFNO2. The van der Waals surface area contributed by atoms with E-state index in [1.807, 2.05) is 11.8 Å². The molecule has 2 rings (SSSR count). The number of hydrogen-bond acceptors (Lipinski definition) is 2. The van der Waals surface area contributed by atoms with Crippen LogP contribution in [0.3, 0.4) is 0 Å². The molecule has 3 nitrogen and oxygen atoms in total. The van der Waals surface area contributed by atoms with Crippen LogP contribution in [0.2, 0.25) is 5.02 Å². The van der Waals surface area contributed by atoms with E-state index in [0.29, 0.717) is 36.5 Å². The molecule has 1 saturated heterocycles. The first-order valence-electron chi connectivity index (χ1n) is 6.92. The molecule has 0 aliphatic carbocycles. The summed E-state index contributed by atoms with van der Waals surface area (Å²) in [7, 11) is 0. The van der Waals surface area contributed by atoms with Crippen molar-refractivity contribution in [3.05, 3.63) is 34.6 Å². The highest BCUT2D eigenvalue weighted by atomic mass is 35.5. The van der Waals surface area contributed by atoms with Crippen LogP contribution in [0.4, 0.5) is 4.39 Å². The third-order valence-corrected chi connectivity index (χ3v) is 4.42. The Balaban J connectivity index is 2.26. The molecule has 1 aromatic carbocycles. The quantitative estimate of drug-likeness (QED) is 0.901. The van der Waals surface area contributed by atoms with Crippen LogP contribution in [-0.4, -0.2) is 28.1 Å². The second-order valence-corrected chi connectivity index (χ2v) is 5.75. The van der Waals surface area contributed by atoms with Crippen LogP contribution in [0.5, 0.6) is 0 Å². The van der Waals surface area contributed by atoms with Crippen molar-refractivity contribution in [3.8, 4) is 0 Å². The number of carboxylic acids is 1. The van der Waals surface area contributed by atoms with Crippen LogP contribution >= 0.6 is 11.6 Å². The van der Waals surface area contributed by atoms with E-state index in [0.717, 1.165) is 12.8 Å². The number of aliphatic carboxylic acids is 1. The van der Waals surface area contributed by atoms with E-state index in [-0.39, 0.29) is 5.82 Å². The molecule has 1 atom stereocenters. The molecule has 0 spiro atoms. The molecule has 1 N–H and O–H groups in total. The molecule has 5 heteroatoms. The van der Waals surface area contributed by atoms with Crippen LogP contribution in [-0.2, 0) is 11.3 Å². The molecule has 0 amide bonds. The van der Waals surface area contributed by atoms with Gasteiger partial charge < -0.3 is 5.11 Å². The van der Waals surface area contributed by atoms with Crippen molar-refractivity contribution in [2.24, 2.45) is 0 Å². The topological polar surface area (TPSA) is 40.5 Å². The summed E-state index contributed by atoms with van der Waals surface area (Å²) in [4.78, 5) is 13.6. The van der Waals surface area contributed by atoms with Crippen LogP contribution in [0.1, 0.15) is 38.2 Å². The van der Waals surface area contributed by atoms with Gasteiger partial charge in [-0.2, -0.15) is 0 Å². The molecule has 1 fully saturated rings. The zero-order valence-corrected chi connectivity index (χ0v) is 12.3. The summed E-state index contributed by atoms with van der Waals surface area (Å²) >= 11 is 6.08. The number of likely N-dealkylation sites (tertiary alicyclic amines) is 1. The molecule has 1 aliphatic rings. The summed E-state index contributed by atoms with van der Waals surface area (Å²) < 4.78 is 13.3. The maximum atomic E-state index is 13.3. The highest BCUT2D eigenvalue weighted by Crippen LogP contribution is 2.36. The summed E-state index contributed by atoms with van der Waals surface area (Å²) in [5.41, 5.74) is -0.181. The van der Waals surface area contributed by atoms with Crippen molar-refractivity contribution in [2.75, 3.05) is 6.54 Å². The monoisotopic (exact) mass is 299 g/mol. The largest absolute Gasteiger partial charge is 0.480 e. The number of carboxylic acid groups (broad SMARTS) is 1. The van der Waals surface area contributed by atoms with Gasteiger partial charge in [-0.1, -0.05) is 24.9 Å². The minimum Gasteiger partial charge on any atom is -0.480 e. The minimum absolute atomic E-state index is 0.347. The molecule has 0 saturated carbocycles. The second-order valence-electron chi connectivity index (χ2n) is 5.35. The molecule has 1 heterocycles. The predicted molar refractivity (Wildman–Crippen MR) is 76.3 cm³/mol. The van der Waals surface area contributed by atoms with E-state index in [4.69, 9.17) is 11.6 Å². The second kappa shape index (κ2) is 6.10. The fourth-order valence-electron chi connectivity index (χ4n) is 3.08. The molecule has 20 heavy (non-hydrogen) atoms. The van der Waals surface area contributed by atoms with Crippen LogP contribution in [0.25, 0.3) is 0 Å². The van der Waals surface area contributed by atoms with Crippen LogP contribution < -0.4 is 0 Å². The molecule has 0 radical (unpaired) electrons. The Kier molecular flexibility index (Phi) is 4.66. The molecule has 0 aromatic heterocycles. The van der Waals surface area contributed by atoms with Gasteiger partial charge in [-0.3, -0.25) is 9.69 Å². The predicted octanol–water partition coefficient (Wildman–Crippen LogP) is 3.70. The van der Waals surface area contributed by atoms with E-state index in [2.05, 4.69) is 0 Å². The van der Waals surface area contributed by atoms with Crippen molar-refractivity contribution < 1.29 is 14.3 Å². The van der Waals surface area contributed by atoms with Crippen molar-refractivity contribution in [3.63, 3.8) is 0 Å². The zero-order valence-electron chi connectivity index (χ0n) is 11.5. The fourth-order valence-corrected chi connectivity index (χ4v) is 3.26. The SMILES string of the molecule is CCCC1(C(=O)O)CCCN1Cc1cc(F)ccc1Cl. The van der Waals surface area contributed by atoms with Gasteiger partial charge >= 0.3 is 5.97 Å². The highest BCUT2D eigenvalue weighted by Gasteiger charge is 2.46. The lowest BCUT2D eigenvalue weighted by Crippen LogP contribution is -2.50. The first kappa shape index (κ1) is 15.3. The molecular weight excluding hydrogens is 281 g/mol. The standard InChI is InChI=1S/C15H19ClFNO2/c1-2-6-15(14(19)20)7-3-8-18(15)10-11-9-12(17)4-5-13(11)16/h4-5,9H,2-3,6-8,10H2,1H3,(H,19,20). The molecule has 1 aromatic rings. The van der Waals surface area contributed by atoms with Crippen molar-refractivity contribution in [2.45, 2.75) is 44.7 Å². The van der Waals surface area contributed by atoms with Crippen LogP contribution in [0, 0.1) is 5.82 Å². The number of nitrogens with zero attached hydrogens (tertiary/aromatic N) is 1. The number of carbonyl (C=O) groups is 1. The van der Waals surface area contributed by atoms with Crippen molar-refractivity contribution in [1.82, 2.24) is 4.90 Å². The lowest BCUT2D eigenvalue weighted by atomic mass is 9.90. The van der Waals surface area contributed by atoms with E-state index >= 15 is 0 Å². The maximum absolute atomic E-state index is 13.3. The summed E-state index contributed by atoms with van der Waals surface area (Å²) in [6, 6.07) is 4.22. The number of benzene rings is 1. The Morgan fingerprint density at radius 2 is 2.30 bits per heavy atom. The summed E-state index contributed by atoms with van der Waals surface area (Å²) in [5.74, 6) is -1.13. The van der Waals surface area contributed by atoms with Gasteiger partial charge in [0.1, 0.15) is 11.4 Å². The molecule has 0 bridgehead atoms.